The van der Waals surface area contributed by atoms with Gasteiger partial charge in [-0.3, -0.25) is 0 Å². The minimum Gasteiger partial charge on any atom is -0.358 e. The van der Waals surface area contributed by atoms with Gasteiger partial charge < -0.3 is 10.2 Å². The highest BCUT2D eigenvalue weighted by Crippen LogP contribution is 2.18. The number of hydrogen-bond donors (Lipinski definition) is 1. The molecule has 0 unspecified atom stereocenters. The maximum atomic E-state index is 12.6. The van der Waals surface area contributed by atoms with Crippen molar-refractivity contribution < 1.29 is 4.39 Å². The zero-order chi connectivity index (χ0) is 10.7. The van der Waals surface area contributed by atoms with Crippen LogP contribution < -0.4 is 10.2 Å². The lowest BCUT2D eigenvalue weighted by Gasteiger charge is -2.18. The second kappa shape index (κ2) is 4.57. The molecule has 0 aromatic carbocycles. The molecule has 0 amide bonds. The van der Waals surface area contributed by atoms with E-state index < -0.39 is 0 Å². The first kappa shape index (κ1) is 10.4. The summed E-state index contributed by atoms with van der Waals surface area (Å²) in [5.74, 6) is 0.525. The van der Waals surface area contributed by atoms with E-state index in [0.29, 0.717) is 0 Å². The third-order valence-corrected chi connectivity index (χ3v) is 2.56. The molecule has 1 aliphatic rings. The van der Waals surface area contributed by atoms with Gasteiger partial charge in [-0.1, -0.05) is 0 Å². The number of aromatic nitrogens is 1. The fourth-order valence-electron chi connectivity index (χ4n) is 1.43. The van der Waals surface area contributed by atoms with E-state index in [1.54, 1.807) is 6.07 Å². The number of rotatable bonds is 5. The quantitative estimate of drug-likeness (QED) is 0.794. The fourth-order valence-corrected chi connectivity index (χ4v) is 1.43. The summed E-state index contributed by atoms with van der Waals surface area (Å²) >= 11 is 0. The number of nitrogens with zero attached hydrogens (tertiary/aromatic N) is 2. The van der Waals surface area contributed by atoms with E-state index in [9.17, 15) is 4.39 Å². The average molecular weight is 209 g/mol. The summed E-state index contributed by atoms with van der Waals surface area (Å²) in [5.41, 5.74) is 0. The van der Waals surface area contributed by atoms with Crippen molar-refractivity contribution in [2.45, 2.75) is 18.9 Å². The van der Waals surface area contributed by atoms with Crippen molar-refractivity contribution in [3.05, 3.63) is 24.1 Å². The Balaban J connectivity index is 1.78. The minimum atomic E-state index is -0.289. The molecule has 0 aliphatic heterocycles. The Labute approximate surface area is 89.3 Å². The zero-order valence-corrected chi connectivity index (χ0v) is 8.91. The Bertz CT molecular complexity index is 308. The Hall–Kier alpha value is -1.16. The van der Waals surface area contributed by atoms with Crippen molar-refractivity contribution in [3.63, 3.8) is 0 Å². The standard InChI is InChI=1S/C11H16FN3/c1-15(7-6-13-10-3-4-10)11-5-2-9(12)8-14-11/h2,5,8,10,13H,3-4,6-7H2,1H3. The molecule has 1 aliphatic carbocycles. The van der Waals surface area contributed by atoms with E-state index in [1.165, 1.54) is 25.1 Å². The molecule has 0 bridgehead atoms. The monoisotopic (exact) mass is 209 g/mol. The van der Waals surface area contributed by atoms with Gasteiger partial charge in [0.1, 0.15) is 11.6 Å². The SMILES string of the molecule is CN(CCNC1CC1)c1ccc(F)cn1. The van der Waals surface area contributed by atoms with E-state index in [4.69, 9.17) is 0 Å². The lowest BCUT2D eigenvalue weighted by molar-refractivity contribution is 0.620. The van der Waals surface area contributed by atoms with E-state index in [-0.39, 0.29) is 5.82 Å². The van der Waals surface area contributed by atoms with Crippen LogP contribution in [0.4, 0.5) is 10.2 Å². The molecule has 0 spiro atoms. The highest BCUT2D eigenvalue weighted by Gasteiger charge is 2.19. The van der Waals surface area contributed by atoms with Crippen molar-refractivity contribution in [3.8, 4) is 0 Å². The van der Waals surface area contributed by atoms with E-state index in [1.807, 2.05) is 11.9 Å². The second-order valence-electron chi connectivity index (χ2n) is 3.98. The van der Waals surface area contributed by atoms with Gasteiger partial charge in [0, 0.05) is 26.2 Å². The van der Waals surface area contributed by atoms with Crippen molar-refractivity contribution >= 4 is 5.82 Å². The number of halogens is 1. The van der Waals surface area contributed by atoms with Crippen LogP contribution in [0.2, 0.25) is 0 Å². The number of pyridine rings is 1. The van der Waals surface area contributed by atoms with Crippen LogP contribution >= 0.6 is 0 Å². The first-order valence-electron chi connectivity index (χ1n) is 5.32. The second-order valence-corrected chi connectivity index (χ2v) is 3.98. The summed E-state index contributed by atoms with van der Waals surface area (Å²) in [6.07, 6.45) is 3.86. The predicted octanol–water partition coefficient (Wildman–Crippen LogP) is 1.41. The van der Waals surface area contributed by atoms with Crippen molar-refractivity contribution in [1.29, 1.82) is 0 Å². The lowest BCUT2D eigenvalue weighted by Crippen LogP contribution is -2.30. The summed E-state index contributed by atoms with van der Waals surface area (Å²) in [5, 5.41) is 3.43. The molecule has 1 N–H and O–H groups in total. The first-order chi connectivity index (χ1) is 7.25. The van der Waals surface area contributed by atoms with Crippen molar-refractivity contribution in [2.75, 3.05) is 25.0 Å². The molecule has 1 fully saturated rings. The lowest BCUT2D eigenvalue weighted by atomic mass is 10.4. The third kappa shape index (κ3) is 3.16. The van der Waals surface area contributed by atoms with Gasteiger partial charge in [-0.2, -0.15) is 0 Å². The van der Waals surface area contributed by atoms with E-state index in [0.717, 1.165) is 24.9 Å². The van der Waals surface area contributed by atoms with Crippen LogP contribution in [0.5, 0.6) is 0 Å². The van der Waals surface area contributed by atoms with E-state index in [2.05, 4.69) is 10.3 Å². The molecule has 2 rings (SSSR count). The first-order valence-corrected chi connectivity index (χ1v) is 5.32. The summed E-state index contributed by atoms with van der Waals surface area (Å²) in [4.78, 5) is 6.04. The highest BCUT2D eigenvalue weighted by atomic mass is 19.1. The summed E-state index contributed by atoms with van der Waals surface area (Å²) < 4.78 is 12.6. The van der Waals surface area contributed by atoms with Gasteiger partial charge in [-0.25, -0.2) is 9.37 Å². The molecule has 0 radical (unpaired) electrons. The van der Waals surface area contributed by atoms with Crippen LogP contribution in [-0.4, -0.2) is 31.2 Å². The number of likely N-dealkylation sites (N-methyl/N-ethyl adjacent to an activating group) is 1. The third-order valence-electron chi connectivity index (χ3n) is 2.56. The molecule has 82 valence electrons. The van der Waals surface area contributed by atoms with Crippen molar-refractivity contribution in [2.24, 2.45) is 0 Å². The molecular weight excluding hydrogens is 193 g/mol. The van der Waals surface area contributed by atoms with E-state index >= 15 is 0 Å². The highest BCUT2D eigenvalue weighted by molar-refractivity contribution is 5.36. The van der Waals surface area contributed by atoms with Crippen LogP contribution in [0.15, 0.2) is 18.3 Å². The Morgan fingerprint density at radius 2 is 2.33 bits per heavy atom. The van der Waals surface area contributed by atoms with Crippen LogP contribution in [0.1, 0.15) is 12.8 Å². The van der Waals surface area contributed by atoms with Gasteiger partial charge in [-0.15, -0.1) is 0 Å². The molecule has 0 saturated heterocycles. The smallest absolute Gasteiger partial charge is 0.141 e. The zero-order valence-electron chi connectivity index (χ0n) is 8.91. The largest absolute Gasteiger partial charge is 0.358 e. The summed E-state index contributed by atoms with van der Waals surface area (Å²) in [7, 11) is 1.97. The predicted molar refractivity (Wildman–Crippen MR) is 58.5 cm³/mol. The number of hydrogen-bond acceptors (Lipinski definition) is 3. The minimum absolute atomic E-state index is 0.289. The topological polar surface area (TPSA) is 28.2 Å². The van der Waals surface area contributed by atoms with Gasteiger partial charge >= 0.3 is 0 Å². The van der Waals surface area contributed by atoms with Gasteiger partial charge in [-0.05, 0) is 25.0 Å². The normalized spacial score (nSPS) is 15.3. The Kier molecular flexibility index (Phi) is 3.16. The fraction of sp³-hybridized carbons (Fsp3) is 0.545. The van der Waals surface area contributed by atoms with Gasteiger partial charge in [0.05, 0.1) is 6.20 Å². The molecule has 1 saturated carbocycles. The Morgan fingerprint density at radius 1 is 1.53 bits per heavy atom. The van der Waals surface area contributed by atoms with Crippen LogP contribution in [-0.2, 0) is 0 Å². The average Bonchev–Trinajstić information content (AvgIpc) is 3.02. The molecule has 3 nitrogen and oxygen atoms in total. The van der Waals surface area contributed by atoms with Crippen LogP contribution in [0, 0.1) is 5.82 Å². The van der Waals surface area contributed by atoms with Crippen LogP contribution in [0.3, 0.4) is 0 Å². The molecule has 1 heterocycles. The molecule has 1 aromatic rings. The molecule has 4 heteroatoms. The maximum absolute atomic E-state index is 12.6. The van der Waals surface area contributed by atoms with Crippen LogP contribution in [0.25, 0.3) is 0 Å². The van der Waals surface area contributed by atoms with Crippen molar-refractivity contribution in [1.82, 2.24) is 10.3 Å². The Morgan fingerprint density at radius 3 is 2.93 bits per heavy atom. The van der Waals surface area contributed by atoms with Gasteiger partial charge in [0.25, 0.3) is 0 Å². The van der Waals surface area contributed by atoms with Gasteiger partial charge in [0.2, 0.25) is 0 Å². The molecule has 15 heavy (non-hydrogen) atoms. The van der Waals surface area contributed by atoms with Gasteiger partial charge in [0.15, 0.2) is 0 Å². The molecule has 1 aromatic heterocycles. The maximum Gasteiger partial charge on any atom is 0.141 e. The molecule has 0 atom stereocenters. The summed E-state index contributed by atoms with van der Waals surface area (Å²) in [6, 6.07) is 3.87. The number of nitrogens with one attached hydrogen (secondary N) is 1. The number of anilines is 1. The summed E-state index contributed by atoms with van der Waals surface area (Å²) in [6.45, 7) is 1.86. The molecular formula is C11H16FN3.